The Labute approximate surface area is 190 Å². The first-order valence-electron chi connectivity index (χ1n) is 10.2. The van der Waals surface area contributed by atoms with Crippen molar-refractivity contribution in [2.24, 2.45) is 0 Å². The number of ether oxygens (including phenoxy) is 1. The number of methoxy groups -OCH3 is 1. The molecular weight excluding hydrogens is 425 g/mol. The van der Waals surface area contributed by atoms with Crippen LogP contribution in [0.15, 0.2) is 66.2 Å². The molecule has 4 rings (SSSR count). The van der Waals surface area contributed by atoms with Gasteiger partial charge in [-0.3, -0.25) is 14.5 Å². The zero-order valence-electron chi connectivity index (χ0n) is 18.3. The fourth-order valence-electron chi connectivity index (χ4n) is 4.26. The number of aryl methyl sites for hydroxylation is 2. The Balaban J connectivity index is 2.03. The van der Waals surface area contributed by atoms with Gasteiger partial charge in [-0.25, -0.2) is 4.39 Å². The summed E-state index contributed by atoms with van der Waals surface area (Å²) in [6.07, 6.45) is 0. The van der Waals surface area contributed by atoms with E-state index in [9.17, 15) is 24.2 Å². The van der Waals surface area contributed by atoms with Crippen molar-refractivity contribution in [3.05, 3.63) is 94.3 Å². The van der Waals surface area contributed by atoms with E-state index < -0.39 is 29.3 Å². The fourth-order valence-corrected chi connectivity index (χ4v) is 4.26. The summed E-state index contributed by atoms with van der Waals surface area (Å²) in [7, 11) is 1.45. The molecule has 0 spiro atoms. The molecule has 33 heavy (non-hydrogen) atoms. The Morgan fingerprint density at radius 1 is 1.03 bits per heavy atom. The first-order chi connectivity index (χ1) is 15.7. The molecule has 1 aliphatic rings. The molecule has 1 saturated heterocycles. The van der Waals surface area contributed by atoms with E-state index in [0.717, 1.165) is 16.0 Å². The predicted molar refractivity (Wildman–Crippen MR) is 122 cm³/mol. The highest BCUT2D eigenvalue weighted by Crippen LogP contribution is 2.45. The number of halogens is 1. The summed E-state index contributed by atoms with van der Waals surface area (Å²) in [4.78, 5) is 27.5. The van der Waals surface area contributed by atoms with E-state index in [0.29, 0.717) is 11.3 Å². The van der Waals surface area contributed by atoms with Gasteiger partial charge in [-0.1, -0.05) is 30.3 Å². The van der Waals surface area contributed by atoms with Crippen molar-refractivity contribution in [2.45, 2.75) is 19.9 Å². The number of Topliss-reactive ketones (excluding diaryl/α,β-unsaturated/α-hetero) is 1. The number of carbonyl (C=O) groups is 2. The molecule has 1 atom stereocenters. The third kappa shape index (κ3) is 3.71. The number of amides is 1. The van der Waals surface area contributed by atoms with E-state index >= 15 is 0 Å². The number of phenolic OH excluding ortho intramolecular Hbond substituents is 1. The average Bonchev–Trinajstić information content (AvgIpc) is 3.04. The van der Waals surface area contributed by atoms with Crippen molar-refractivity contribution in [1.29, 1.82) is 0 Å². The Kier molecular flexibility index (Phi) is 5.64. The Hall–Kier alpha value is -4.13. The third-order valence-corrected chi connectivity index (χ3v) is 5.65. The maximum absolute atomic E-state index is 13.7. The lowest BCUT2D eigenvalue weighted by Gasteiger charge is -2.26. The lowest BCUT2D eigenvalue weighted by molar-refractivity contribution is -0.132. The summed E-state index contributed by atoms with van der Waals surface area (Å²) in [6.45, 7) is 3.64. The van der Waals surface area contributed by atoms with Gasteiger partial charge in [0.05, 0.1) is 30.0 Å². The smallest absolute Gasteiger partial charge is 0.300 e. The van der Waals surface area contributed by atoms with Crippen LogP contribution in [0.3, 0.4) is 0 Å². The second-order valence-electron chi connectivity index (χ2n) is 7.87. The third-order valence-electron chi connectivity index (χ3n) is 5.65. The van der Waals surface area contributed by atoms with Gasteiger partial charge in [0.25, 0.3) is 11.7 Å². The van der Waals surface area contributed by atoms with Crippen LogP contribution in [0.25, 0.3) is 5.76 Å². The van der Waals surface area contributed by atoms with Crippen LogP contribution in [-0.2, 0) is 9.59 Å². The van der Waals surface area contributed by atoms with Crippen molar-refractivity contribution in [1.82, 2.24) is 0 Å². The number of hydrogen-bond acceptors (Lipinski definition) is 5. The Morgan fingerprint density at radius 2 is 1.70 bits per heavy atom. The molecular formula is C26H22FNO5. The number of benzene rings is 3. The Morgan fingerprint density at radius 3 is 2.33 bits per heavy atom. The van der Waals surface area contributed by atoms with Crippen LogP contribution < -0.4 is 9.64 Å². The first kappa shape index (κ1) is 22.1. The summed E-state index contributed by atoms with van der Waals surface area (Å²) in [6, 6.07) is 13.8. The SMILES string of the molecule is COc1c(C)cc(C)cc1/C(O)=C1\C(=O)C(=O)N(c2ccccc2O)C1c1ccc(F)cc1. The highest BCUT2D eigenvalue weighted by molar-refractivity contribution is 6.52. The fraction of sp³-hybridized carbons (Fsp3) is 0.154. The molecule has 0 radical (unpaired) electrons. The number of hydrogen-bond donors (Lipinski definition) is 2. The zero-order valence-corrected chi connectivity index (χ0v) is 18.3. The number of aromatic hydroxyl groups is 1. The van der Waals surface area contributed by atoms with Gasteiger partial charge in [0.2, 0.25) is 0 Å². The summed E-state index contributed by atoms with van der Waals surface area (Å²) < 4.78 is 19.1. The number of nitrogens with zero attached hydrogens (tertiary/aromatic N) is 1. The summed E-state index contributed by atoms with van der Waals surface area (Å²) in [5.41, 5.74) is 2.13. The molecule has 1 heterocycles. The molecule has 0 saturated carbocycles. The van der Waals surface area contributed by atoms with E-state index in [2.05, 4.69) is 0 Å². The van der Waals surface area contributed by atoms with E-state index in [1.165, 1.54) is 43.5 Å². The van der Waals surface area contributed by atoms with Gasteiger partial charge in [-0.2, -0.15) is 0 Å². The summed E-state index contributed by atoms with van der Waals surface area (Å²) in [5, 5.41) is 21.8. The number of ketones is 1. The molecule has 168 valence electrons. The number of carbonyl (C=O) groups excluding carboxylic acids is 2. The molecule has 6 nitrogen and oxygen atoms in total. The highest BCUT2D eigenvalue weighted by atomic mass is 19.1. The normalized spacial score (nSPS) is 17.5. The second kappa shape index (κ2) is 8.43. The number of phenols is 1. The van der Waals surface area contributed by atoms with Crippen molar-refractivity contribution < 1.29 is 28.9 Å². The molecule has 7 heteroatoms. The van der Waals surface area contributed by atoms with Crippen LogP contribution in [0.1, 0.15) is 28.3 Å². The van der Waals surface area contributed by atoms with Gasteiger partial charge in [0.15, 0.2) is 0 Å². The van der Waals surface area contributed by atoms with Crippen LogP contribution in [0, 0.1) is 19.7 Å². The van der Waals surface area contributed by atoms with Crippen molar-refractivity contribution in [3.63, 3.8) is 0 Å². The zero-order chi connectivity index (χ0) is 23.9. The quantitative estimate of drug-likeness (QED) is 0.341. The lowest BCUT2D eigenvalue weighted by Crippen LogP contribution is -2.29. The molecule has 3 aromatic rings. The minimum Gasteiger partial charge on any atom is -0.507 e. The highest BCUT2D eigenvalue weighted by Gasteiger charge is 2.48. The van der Waals surface area contributed by atoms with Gasteiger partial charge >= 0.3 is 0 Å². The van der Waals surface area contributed by atoms with E-state index in [-0.39, 0.29) is 22.6 Å². The second-order valence-corrected chi connectivity index (χ2v) is 7.87. The number of anilines is 1. The molecule has 2 N–H and O–H groups in total. The van der Waals surface area contributed by atoms with Gasteiger partial charge in [0.1, 0.15) is 23.1 Å². The average molecular weight is 447 g/mol. The number of aliphatic hydroxyl groups excluding tert-OH is 1. The molecule has 1 unspecified atom stereocenters. The number of rotatable bonds is 4. The molecule has 0 aliphatic carbocycles. The molecule has 1 aliphatic heterocycles. The standard InChI is InChI=1S/C26H22FNO5/c1-14-12-15(2)25(33-3)18(13-14)23(30)21-22(16-8-10-17(27)11-9-16)28(26(32)24(21)31)19-6-4-5-7-20(19)29/h4-13,22,29-30H,1-3H3/b23-21+. The maximum atomic E-state index is 13.7. The summed E-state index contributed by atoms with van der Waals surface area (Å²) in [5.74, 6) is -2.60. The molecule has 3 aromatic carbocycles. The summed E-state index contributed by atoms with van der Waals surface area (Å²) >= 11 is 0. The molecule has 0 bridgehead atoms. The van der Waals surface area contributed by atoms with Gasteiger partial charge in [0, 0.05) is 0 Å². The van der Waals surface area contributed by atoms with Crippen LogP contribution >= 0.6 is 0 Å². The van der Waals surface area contributed by atoms with Crippen molar-refractivity contribution in [3.8, 4) is 11.5 Å². The first-order valence-corrected chi connectivity index (χ1v) is 10.2. The maximum Gasteiger partial charge on any atom is 0.300 e. The molecule has 0 aromatic heterocycles. The van der Waals surface area contributed by atoms with Crippen molar-refractivity contribution in [2.75, 3.05) is 12.0 Å². The number of aliphatic hydroxyl groups is 1. The van der Waals surface area contributed by atoms with Gasteiger partial charge in [-0.05, 0) is 60.9 Å². The van der Waals surface area contributed by atoms with Crippen molar-refractivity contribution >= 4 is 23.1 Å². The van der Waals surface area contributed by atoms with Gasteiger partial charge in [-0.15, -0.1) is 0 Å². The van der Waals surface area contributed by atoms with E-state index in [1.54, 1.807) is 25.1 Å². The van der Waals surface area contributed by atoms with Crippen LogP contribution in [0.4, 0.5) is 10.1 Å². The monoisotopic (exact) mass is 447 g/mol. The van der Waals surface area contributed by atoms with E-state index in [4.69, 9.17) is 4.74 Å². The minimum absolute atomic E-state index is 0.0976. The van der Waals surface area contributed by atoms with Crippen LogP contribution in [0.2, 0.25) is 0 Å². The molecule has 1 fully saturated rings. The van der Waals surface area contributed by atoms with Gasteiger partial charge < -0.3 is 14.9 Å². The number of para-hydroxylation sites is 2. The largest absolute Gasteiger partial charge is 0.507 e. The molecule has 1 amide bonds. The van der Waals surface area contributed by atoms with E-state index in [1.807, 2.05) is 13.0 Å². The van der Waals surface area contributed by atoms with Crippen LogP contribution in [0.5, 0.6) is 11.5 Å². The predicted octanol–water partition coefficient (Wildman–Crippen LogP) is 4.78. The minimum atomic E-state index is -1.09. The topological polar surface area (TPSA) is 87.1 Å². The van der Waals surface area contributed by atoms with Crippen LogP contribution in [-0.4, -0.2) is 29.0 Å². The Bertz CT molecular complexity index is 1300. The lowest BCUT2D eigenvalue weighted by atomic mass is 9.93.